The zero-order valence-corrected chi connectivity index (χ0v) is 35.9. The number of anilines is 4. The Morgan fingerprint density at radius 1 is 0.785 bits per heavy atom. The van der Waals surface area contributed by atoms with Gasteiger partial charge in [-0.2, -0.15) is 0 Å². The first-order chi connectivity index (χ1) is 31.1. The molecule has 1 unspecified atom stereocenters. The van der Waals surface area contributed by atoms with E-state index in [1.807, 2.05) is 0 Å². The summed E-state index contributed by atoms with van der Waals surface area (Å²) in [6.45, 7) is 0.885. The molecule has 0 saturated heterocycles. The van der Waals surface area contributed by atoms with Crippen LogP contribution in [-0.2, 0) is 25.6 Å². The molecule has 14 nitrogen and oxygen atoms in total. The third kappa shape index (κ3) is 9.77. The minimum Gasteiger partial charge on any atom is -0.481 e. The molecule has 1 aliphatic heterocycles. The highest BCUT2D eigenvalue weighted by Crippen LogP contribution is 2.53. The number of nitrogens with one attached hydrogen (secondary N) is 2. The van der Waals surface area contributed by atoms with Crippen LogP contribution in [0.25, 0.3) is 0 Å². The molecule has 3 heterocycles. The number of fused-ring (bicyclic) bond motifs is 1. The molecule has 0 radical (unpaired) electrons. The largest absolute Gasteiger partial charge is 0.481 e. The van der Waals surface area contributed by atoms with E-state index < -0.39 is 77.5 Å². The third-order valence-electron chi connectivity index (χ3n) is 11.1. The number of carbonyl (C=O) groups is 4. The molecule has 1 fully saturated rings. The fourth-order valence-corrected chi connectivity index (χ4v) is 7.91. The van der Waals surface area contributed by atoms with Gasteiger partial charge in [-0.3, -0.25) is 19.2 Å². The van der Waals surface area contributed by atoms with Crippen molar-refractivity contribution in [1.29, 1.82) is 0 Å². The summed E-state index contributed by atoms with van der Waals surface area (Å²) in [5.74, 6) is -5.81. The van der Waals surface area contributed by atoms with Crippen molar-refractivity contribution in [2.24, 2.45) is 0 Å². The number of nitrogens with zero attached hydrogens (tertiary/aromatic N) is 6. The lowest BCUT2D eigenvalue weighted by molar-refractivity contribution is -0.127. The summed E-state index contributed by atoms with van der Waals surface area (Å²) >= 11 is 0. The van der Waals surface area contributed by atoms with Gasteiger partial charge in [0.25, 0.3) is 5.91 Å². The number of methoxy groups -OCH3 is 2. The molecule has 7 rings (SSSR count). The van der Waals surface area contributed by atoms with Crippen molar-refractivity contribution >= 4 is 46.4 Å². The number of pyridine rings is 2. The minimum absolute atomic E-state index is 0.0289. The van der Waals surface area contributed by atoms with Gasteiger partial charge in [0.2, 0.25) is 29.5 Å². The molecule has 18 heteroatoms. The van der Waals surface area contributed by atoms with Crippen LogP contribution in [0, 0.1) is 23.3 Å². The fraction of sp³-hybridized carbons (Fsp3) is 0.255. The van der Waals surface area contributed by atoms with Crippen LogP contribution in [0.4, 0.5) is 40.3 Å². The first-order valence-corrected chi connectivity index (χ1v) is 20.3. The van der Waals surface area contributed by atoms with Gasteiger partial charge < -0.3 is 39.7 Å². The average molecular weight is 893 g/mol. The van der Waals surface area contributed by atoms with Crippen molar-refractivity contribution < 1.29 is 46.2 Å². The van der Waals surface area contributed by atoms with Crippen LogP contribution >= 0.6 is 0 Å². The second-order valence-corrected chi connectivity index (χ2v) is 15.4. The number of likely N-dealkylation sites (N-methyl/N-ethyl adjacent to an activating group) is 2. The molecule has 2 aromatic heterocycles. The Labute approximate surface area is 371 Å². The van der Waals surface area contributed by atoms with E-state index >= 15 is 0 Å². The van der Waals surface area contributed by atoms with Crippen LogP contribution in [0.1, 0.15) is 30.4 Å². The lowest BCUT2D eigenvalue weighted by Crippen LogP contribution is -2.53. The maximum atomic E-state index is 14.5. The van der Waals surface area contributed by atoms with Crippen LogP contribution in [0.15, 0.2) is 115 Å². The quantitative estimate of drug-likeness (QED) is 0.0978. The zero-order valence-electron chi connectivity index (χ0n) is 35.9. The molecule has 2 N–H and O–H groups in total. The fourth-order valence-electron chi connectivity index (χ4n) is 7.91. The predicted octanol–water partition coefficient (Wildman–Crippen LogP) is 5.79. The molecule has 0 bridgehead atoms. The molecule has 0 spiro atoms. The Bertz CT molecular complexity index is 2660. The molecule has 65 heavy (non-hydrogen) atoms. The molecule has 2 aliphatic rings. The topological polar surface area (TPSA) is 150 Å². The predicted molar refractivity (Wildman–Crippen MR) is 233 cm³/mol. The number of hydrogen-bond donors (Lipinski definition) is 2. The van der Waals surface area contributed by atoms with E-state index in [-0.39, 0.29) is 29.8 Å². The Morgan fingerprint density at radius 3 is 1.82 bits per heavy atom. The molecule has 3 aromatic carbocycles. The lowest BCUT2D eigenvalue weighted by atomic mass is 10.0. The van der Waals surface area contributed by atoms with E-state index in [1.165, 1.54) is 50.5 Å². The van der Waals surface area contributed by atoms with Crippen LogP contribution in [-0.4, -0.2) is 86.6 Å². The van der Waals surface area contributed by atoms with Crippen LogP contribution in [0.2, 0.25) is 0 Å². The highest BCUT2D eigenvalue weighted by atomic mass is 19.1. The summed E-state index contributed by atoms with van der Waals surface area (Å²) in [5.41, 5.74) is 3.51. The van der Waals surface area contributed by atoms with Gasteiger partial charge in [-0.25, -0.2) is 27.5 Å². The van der Waals surface area contributed by atoms with E-state index in [4.69, 9.17) is 9.47 Å². The number of hydrogen-bond acceptors (Lipinski definition) is 10. The van der Waals surface area contributed by atoms with Crippen molar-refractivity contribution in [2.75, 3.05) is 61.0 Å². The number of allylic oxidation sites excluding steroid dienone is 1. The molecule has 4 amide bonds. The highest BCUT2D eigenvalue weighted by Gasteiger charge is 2.63. The van der Waals surface area contributed by atoms with E-state index in [1.54, 1.807) is 71.3 Å². The first kappa shape index (κ1) is 45.3. The van der Waals surface area contributed by atoms with Gasteiger partial charge in [-0.15, -0.1) is 0 Å². The first-order valence-electron chi connectivity index (χ1n) is 20.3. The van der Waals surface area contributed by atoms with E-state index in [0.717, 1.165) is 30.3 Å². The molecular weight excluding hydrogens is 849 g/mol. The number of ether oxygens (including phenoxy) is 2. The summed E-state index contributed by atoms with van der Waals surface area (Å²) in [6, 6.07) is 17.7. The van der Waals surface area contributed by atoms with Gasteiger partial charge in [-0.1, -0.05) is 17.9 Å². The Balaban J connectivity index is 1.14. The number of para-hydroxylation sites is 2. The number of rotatable bonds is 15. The molecule has 1 saturated carbocycles. The van der Waals surface area contributed by atoms with E-state index in [2.05, 4.69) is 26.3 Å². The summed E-state index contributed by atoms with van der Waals surface area (Å²) in [7, 11) is 5.85. The maximum Gasteiger partial charge on any atom is 0.253 e. The number of halogens is 4. The van der Waals surface area contributed by atoms with E-state index in [0.29, 0.717) is 40.6 Å². The molecule has 1 aliphatic carbocycles. The van der Waals surface area contributed by atoms with Gasteiger partial charge in [-0.05, 0) is 79.1 Å². The number of carbonyl (C=O) groups excluding carboxylic acids is 4. The highest BCUT2D eigenvalue weighted by molar-refractivity contribution is 6.06. The van der Waals surface area contributed by atoms with Crippen molar-refractivity contribution in [3.63, 3.8) is 0 Å². The molecule has 336 valence electrons. The van der Waals surface area contributed by atoms with Crippen molar-refractivity contribution in [3.8, 4) is 11.8 Å². The summed E-state index contributed by atoms with van der Waals surface area (Å²) in [5, 5.41) is 5.63. The SMILES string of the molecule is CC=C=C1N(CC(=O)N[C@@H](Cc2cc(F)cc(F)c2)C(=O)N(C)c2ccc(OC)nc2)c2ccccc2N1CC(=O)N[C@@]1(C(=O)N(C)c2ccc(OC)nc2)CC1c1cc(F)cc(F)c1. The van der Waals surface area contributed by atoms with Gasteiger partial charge in [0, 0.05) is 50.7 Å². The van der Waals surface area contributed by atoms with Gasteiger partial charge in [0.05, 0.1) is 49.4 Å². The molecule has 5 aromatic rings. The van der Waals surface area contributed by atoms with Crippen LogP contribution in [0.5, 0.6) is 11.8 Å². The third-order valence-corrected chi connectivity index (χ3v) is 11.1. The smallest absolute Gasteiger partial charge is 0.253 e. The second-order valence-electron chi connectivity index (χ2n) is 15.4. The van der Waals surface area contributed by atoms with Gasteiger partial charge >= 0.3 is 0 Å². The van der Waals surface area contributed by atoms with Gasteiger partial charge in [0.15, 0.2) is 5.82 Å². The minimum atomic E-state index is -1.61. The summed E-state index contributed by atoms with van der Waals surface area (Å²) in [6.07, 6.45) is 4.15. The number of benzene rings is 3. The lowest BCUT2D eigenvalue weighted by Gasteiger charge is -2.28. The number of aromatic nitrogens is 2. The van der Waals surface area contributed by atoms with Gasteiger partial charge in [0.1, 0.15) is 47.9 Å². The Kier molecular flexibility index (Phi) is 13.2. The standard InChI is InChI=1S/C47H44F4N8O6/c1-6-9-44-58(26-40(60)54-37(18-28-16-30(48)21-31(49)17-28)45(62)56(2)34-12-14-42(64-4)52-24-34)38-10-7-8-11-39(38)59(44)27-41(61)55-47(23-36(47)29-19-32(50)22-33(51)20-29)46(63)57(3)35-13-15-43(65-5)53-25-35/h6-8,10-17,19-22,24-25,36-37H,18,23,26-27H2,1-5H3,(H,54,60)(H,55,61)/t9?,36?,37-,47-/m0/s1. The summed E-state index contributed by atoms with van der Waals surface area (Å²) in [4.78, 5) is 70.9. The monoisotopic (exact) mass is 892 g/mol. The van der Waals surface area contributed by atoms with Crippen molar-refractivity contribution in [2.45, 2.75) is 37.3 Å². The second kappa shape index (κ2) is 18.9. The number of amides is 4. The Morgan fingerprint density at radius 2 is 1.31 bits per heavy atom. The summed E-state index contributed by atoms with van der Waals surface area (Å²) < 4.78 is 67.9. The van der Waals surface area contributed by atoms with Crippen molar-refractivity contribution in [1.82, 2.24) is 20.6 Å². The van der Waals surface area contributed by atoms with E-state index in [9.17, 15) is 36.7 Å². The maximum absolute atomic E-state index is 14.5. The van der Waals surface area contributed by atoms with Crippen LogP contribution < -0.4 is 39.7 Å². The normalized spacial score (nSPS) is 16.4. The molecule has 3 atom stereocenters. The molecular formula is C47H44F4N8O6. The van der Waals surface area contributed by atoms with Crippen molar-refractivity contribution in [3.05, 3.63) is 149 Å². The van der Waals surface area contributed by atoms with Crippen LogP contribution in [0.3, 0.4) is 0 Å². The zero-order chi connectivity index (χ0) is 46.6. The average Bonchev–Trinajstić information content (AvgIpc) is 3.95. The Hall–Kier alpha value is -7.72.